The number of nitrogens with zero attached hydrogens (tertiary/aromatic N) is 1. The molecule has 0 fully saturated rings. The van der Waals surface area contributed by atoms with Crippen LogP contribution in [0, 0.1) is 0 Å². The number of fused-ring (bicyclic) bond motifs is 1. The minimum absolute atomic E-state index is 0.0342. The second-order valence-corrected chi connectivity index (χ2v) is 7.30. The summed E-state index contributed by atoms with van der Waals surface area (Å²) in [6, 6.07) is 10.7. The van der Waals surface area contributed by atoms with Crippen LogP contribution in [0.15, 0.2) is 47.4 Å². The number of para-hydroxylation sites is 1. The fraction of sp³-hybridized carbons (Fsp3) is 0.0714. The quantitative estimate of drug-likeness (QED) is 0.853. The molecule has 114 valence electrons. The largest absolute Gasteiger partial charge is 0.323 e. The van der Waals surface area contributed by atoms with Crippen LogP contribution in [0.4, 0.5) is 11.4 Å². The van der Waals surface area contributed by atoms with Gasteiger partial charge in [0.2, 0.25) is 5.91 Å². The number of hydrogen-bond acceptors (Lipinski definition) is 3. The molecule has 0 aliphatic carbocycles. The average molecular weight is 357 g/mol. The number of nitrogens with one attached hydrogen (secondary N) is 1. The van der Waals surface area contributed by atoms with Crippen molar-refractivity contribution in [2.45, 2.75) is 4.90 Å². The Bertz CT molecular complexity index is 868. The van der Waals surface area contributed by atoms with E-state index in [9.17, 15) is 13.2 Å². The molecule has 5 nitrogen and oxygen atoms in total. The monoisotopic (exact) mass is 356 g/mol. The van der Waals surface area contributed by atoms with E-state index < -0.39 is 15.9 Å². The highest BCUT2D eigenvalue weighted by atomic mass is 35.5. The number of carbonyl (C=O) groups excluding carboxylic acids is 1. The molecule has 0 spiro atoms. The lowest BCUT2D eigenvalue weighted by molar-refractivity contribution is -0.114. The molecule has 0 aromatic heterocycles. The SMILES string of the molecule is O=C1CN(c2ccc(Cl)c(Cl)c2)S(=O)(=O)c2ccccc2N1. The van der Waals surface area contributed by atoms with Crippen molar-refractivity contribution in [1.82, 2.24) is 0 Å². The summed E-state index contributed by atoms with van der Waals surface area (Å²) in [5.74, 6) is -0.431. The Hall–Kier alpha value is -1.76. The Balaban J connectivity index is 2.19. The van der Waals surface area contributed by atoms with Gasteiger partial charge in [0.15, 0.2) is 0 Å². The highest BCUT2D eigenvalue weighted by molar-refractivity contribution is 7.93. The smallest absolute Gasteiger partial charge is 0.266 e. The molecule has 0 bridgehead atoms. The van der Waals surface area contributed by atoms with Crippen molar-refractivity contribution >= 4 is 50.5 Å². The predicted octanol–water partition coefficient (Wildman–Crippen LogP) is 3.14. The summed E-state index contributed by atoms with van der Waals surface area (Å²) in [7, 11) is -3.89. The molecule has 3 rings (SSSR count). The van der Waals surface area contributed by atoms with E-state index in [1.165, 1.54) is 24.3 Å². The maximum absolute atomic E-state index is 12.8. The van der Waals surface area contributed by atoms with Crippen molar-refractivity contribution in [3.8, 4) is 0 Å². The molecule has 1 amide bonds. The lowest BCUT2D eigenvalue weighted by Crippen LogP contribution is -2.35. The summed E-state index contributed by atoms with van der Waals surface area (Å²) in [6.07, 6.45) is 0. The van der Waals surface area contributed by atoms with Gasteiger partial charge in [-0.05, 0) is 30.3 Å². The van der Waals surface area contributed by atoms with Crippen molar-refractivity contribution in [2.24, 2.45) is 0 Å². The number of rotatable bonds is 1. The Morgan fingerprint density at radius 2 is 1.77 bits per heavy atom. The van der Waals surface area contributed by atoms with Gasteiger partial charge in [-0.15, -0.1) is 0 Å². The van der Waals surface area contributed by atoms with Crippen molar-refractivity contribution in [1.29, 1.82) is 0 Å². The summed E-state index contributed by atoms with van der Waals surface area (Å²) < 4.78 is 26.7. The highest BCUT2D eigenvalue weighted by Crippen LogP contribution is 2.33. The second-order valence-electron chi connectivity index (χ2n) is 4.65. The van der Waals surface area contributed by atoms with Gasteiger partial charge in [0.1, 0.15) is 11.4 Å². The van der Waals surface area contributed by atoms with Gasteiger partial charge >= 0.3 is 0 Å². The van der Waals surface area contributed by atoms with Crippen LogP contribution in [-0.2, 0) is 14.8 Å². The molecule has 2 aromatic rings. The standard InChI is InChI=1S/C14H10Cl2N2O3S/c15-10-6-5-9(7-11(10)16)18-8-14(19)17-12-3-1-2-4-13(12)22(18,20)21/h1-7H,8H2,(H,17,19). The number of sulfonamides is 1. The van der Waals surface area contributed by atoms with Crippen LogP contribution in [0.1, 0.15) is 0 Å². The Kier molecular flexibility index (Phi) is 3.76. The van der Waals surface area contributed by atoms with Gasteiger partial charge in [0.25, 0.3) is 10.0 Å². The maximum atomic E-state index is 12.8. The van der Waals surface area contributed by atoms with Crippen molar-refractivity contribution in [3.05, 3.63) is 52.5 Å². The molecule has 1 heterocycles. The molecule has 0 unspecified atom stereocenters. The van der Waals surface area contributed by atoms with Gasteiger partial charge in [0.05, 0.1) is 21.4 Å². The van der Waals surface area contributed by atoms with Crippen LogP contribution in [0.5, 0.6) is 0 Å². The van der Waals surface area contributed by atoms with E-state index in [2.05, 4.69) is 5.32 Å². The number of amides is 1. The Morgan fingerprint density at radius 3 is 2.50 bits per heavy atom. The first-order valence-corrected chi connectivity index (χ1v) is 8.46. The molecule has 1 aliphatic heterocycles. The molecular weight excluding hydrogens is 347 g/mol. The molecule has 0 saturated heterocycles. The normalized spacial score (nSPS) is 16.6. The molecule has 8 heteroatoms. The van der Waals surface area contributed by atoms with Gasteiger partial charge in [0, 0.05) is 0 Å². The first-order chi connectivity index (χ1) is 10.4. The summed E-state index contributed by atoms with van der Waals surface area (Å²) in [5, 5.41) is 3.11. The van der Waals surface area contributed by atoms with Crippen molar-refractivity contribution in [2.75, 3.05) is 16.2 Å². The fourth-order valence-corrected chi connectivity index (χ4v) is 4.04. The van der Waals surface area contributed by atoms with Crippen molar-refractivity contribution < 1.29 is 13.2 Å². The summed E-state index contributed by atoms with van der Waals surface area (Å²) >= 11 is 11.8. The number of hydrogen-bond donors (Lipinski definition) is 1. The number of anilines is 2. The summed E-state index contributed by atoms with van der Waals surface area (Å²) in [4.78, 5) is 12.0. The molecule has 0 saturated carbocycles. The number of halogens is 2. The first kappa shape index (κ1) is 15.1. The lowest BCUT2D eigenvalue weighted by Gasteiger charge is -2.21. The minimum atomic E-state index is -3.89. The van der Waals surface area contributed by atoms with Crippen molar-refractivity contribution in [3.63, 3.8) is 0 Å². The van der Waals surface area contributed by atoms with Gasteiger partial charge in [-0.3, -0.25) is 9.10 Å². The van der Waals surface area contributed by atoms with E-state index >= 15 is 0 Å². The summed E-state index contributed by atoms with van der Waals surface area (Å²) in [5.41, 5.74) is 0.538. The fourth-order valence-electron chi connectivity index (χ4n) is 2.19. The van der Waals surface area contributed by atoms with Crippen LogP contribution < -0.4 is 9.62 Å². The third kappa shape index (κ3) is 2.54. The highest BCUT2D eigenvalue weighted by Gasteiger charge is 2.33. The lowest BCUT2D eigenvalue weighted by atomic mass is 10.3. The van der Waals surface area contributed by atoms with Crippen LogP contribution in [0.2, 0.25) is 10.0 Å². The molecule has 22 heavy (non-hydrogen) atoms. The number of carbonyl (C=O) groups is 1. The van der Waals surface area contributed by atoms with E-state index in [0.717, 1.165) is 4.31 Å². The van der Waals surface area contributed by atoms with Gasteiger partial charge < -0.3 is 5.32 Å². The maximum Gasteiger partial charge on any atom is 0.266 e. The van der Waals surface area contributed by atoms with E-state index in [4.69, 9.17) is 23.2 Å². The topological polar surface area (TPSA) is 66.5 Å². The van der Waals surface area contributed by atoms with Crippen LogP contribution >= 0.6 is 23.2 Å². The summed E-state index contributed by atoms with van der Waals surface area (Å²) in [6.45, 7) is -0.338. The second kappa shape index (κ2) is 5.46. The van der Waals surface area contributed by atoms with Crippen LogP contribution in [0.25, 0.3) is 0 Å². The molecule has 1 N–H and O–H groups in total. The molecule has 1 aliphatic rings. The average Bonchev–Trinajstić information content (AvgIpc) is 2.57. The zero-order valence-electron chi connectivity index (χ0n) is 11.1. The van der Waals surface area contributed by atoms with E-state index in [1.807, 2.05) is 0 Å². The Morgan fingerprint density at radius 1 is 1.05 bits per heavy atom. The van der Waals surface area contributed by atoms with Crippen LogP contribution in [-0.4, -0.2) is 20.9 Å². The van der Waals surface area contributed by atoms with E-state index in [-0.39, 0.29) is 27.8 Å². The Labute approximate surface area is 137 Å². The predicted molar refractivity (Wildman–Crippen MR) is 86.1 cm³/mol. The zero-order valence-corrected chi connectivity index (χ0v) is 13.4. The molecule has 2 aromatic carbocycles. The minimum Gasteiger partial charge on any atom is -0.323 e. The van der Waals surface area contributed by atoms with E-state index in [1.54, 1.807) is 18.2 Å². The molecule has 0 atom stereocenters. The third-order valence-corrected chi connectivity index (χ3v) is 5.78. The van der Waals surface area contributed by atoms with Gasteiger partial charge in [-0.1, -0.05) is 35.3 Å². The van der Waals surface area contributed by atoms with Gasteiger partial charge in [-0.25, -0.2) is 8.42 Å². The molecular formula is C14H10Cl2N2O3S. The number of benzene rings is 2. The van der Waals surface area contributed by atoms with E-state index in [0.29, 0.717) is 5.02 Å². The van der Waals surface area contributed by atoms with Gasteiger partial charge in [-0.2, -0.15) is 0 Å². The third-order valence-electron chi connectivity index (χ3n) is 3.21. The zero-order chi connectivity index (χ0) is 15.9. The van der Waals surface area contributed by atoms with Crippen LogP contribution in [0.3, 0.4) is 0 Å². The first-order valence-electron chi connectivity index (χ1n) is 6.26. The molecule has 0 radical (unpaired) electrons.